The quantitative estimate of drug-likeness (QED) is 0.826. The molecule has 0 saturated carbocycles. The number of likely N-dealkylation sites (N-methyl/N-ethyl adjacent to an activating group) is 2. The minimum atomic E-state index is -0.532. The molecular weight excluding hydrogens is 204 g/mol. The lowest BCUT2D eigenvalue weighted by molar-refractivity contribution is -0.136. The van der Waals surface area contributed by atoms with Crippen LogP contribution < -0.4 is 5.32 Å². The van der Waals surface area contributed by atoms with E-state index in [4.69, 9.17) is 4.42 Å². The molecule has 0 saturated heterocycles. The van der Waals surface area contributed by atoms with Gasteiger partial charge in [0.25, 0.3) is 0 Å². The second-order valence-corrected chi connectivity index (χ2v) is 4.40. The number of hydrogen-bond donors (Lipinski definition) is 1. The zero-order valence-corrected chi connectivity index (χ0v) is 10.4. The molecule has 1 rings (SSSR count). The van der Waals surface area contributed by atoms with Crippen molar-refractivity contribution >= 4 is 5.91 Å². The van der Waals surface area contributed by atoms with Crippen LogP contribution in [0.2, 0.25) is 0 Å². The zero-order valence-electron chi connectivity index (χ0n) is 10.4. The Morgan fingerprint density at radius 1 is 1.56 bits per heavy atom. The van der Waals surface area contributed by atoms with Gasteiger partial charge in [-0.3, -0.25) is 4.79 Å². The van der Waals surface area contributed by atoms with Crippen LogP contribution in [0.25, 0.3) is 0 Å². The summed E-state index contributed by atoms with van der Waals surface area (Å²) in [7, 11) is 1.78. The van der Waals surface area contributed by atoms with E-state index < -0.39 is 5.54 Å². The summed E-state index contributed by atoms with van der Waals surface area (Å²) in [5.41, 5.74) is -0.532. The summed E-state index contributed by atoms with van der Waals surface area (Å²) in [4.78, 5) is 13.8. The zero-order chi connectivity index (χ0) is 12.2. The monoisotopic (exact) mass is 224 g/mol. The van der Waals surface area contributed by atoms with Crippen LogP contribution in [0.1, 0.15) is 26.5 Å². The molecule has 90 valence electrons. The Kier molecular flexibility index (Phi) is 4.12. The molecule has 0 unspecified atom stereocenters. The van der Waals surface area contributed by atoms with Crippen molar-refractivity contribution in [1.29, 1.82) is 0 Å². The van der Waals surface area contributed by atoms with E-state index >= 15 is 0 Å². The van der Waals surface area contributed by atoms with Gasteiger partial charge in [-0.1, -0.05) is 6.92 Å². The van der Waals surface area contributed by atoms with Gasteiger partial charge in [0.15, 0.2) is 0 Å². The molecule has 4 heteroatoms. The number of carbonyl (C=O) groups excluding carboxylic acids is 1. The van der Waals surface area contributed by atoms with Crippen molar-refractivity contribution in [1.82, 2.24) is 10.2 Å². The van der Waals surface area contributed by atoms with Gasteiger partial charge in [0.1, 0.15) is 5.76 Å². The number of furan rings is 1. The normalized spacial score (nSPS) is 11.5. The Hall–Kier alpha value is -1.29. The molecule has 0 aliphatic carbocycles. The first-order valence-corrected chi connectivity index (χ1v) is 5.50. The van der Waals surface area contributed by atoms with E-state index in [1.54, 1.807) is 18.2 Å². The lowest BCUT2D eigenvalue weighted by Gasteiger charge is -2.29. The smallest absolute Gasteiger partial charge is 0.242 e. The molecule has 16 heavy (non-hydrogen) atoms. The van der Waals surface area contributed by atoms with Crippen LogP contribution in [0.4, 0.5) is 0 Å². The summed E-state index contributed by atoms with van der Waals surface area (Å²) in [5.74, 6) is 0.855. The molecule has 0 radical (unpaired) electrons. The first-order valence-electron chi connectivity index (χ1n) is 5.50. The highest BCUT2D eigenvalue weighted by molar-refractivity contribution is 5.85. The van der Waals surface area contributed by atoms with Gasteiger partial charge in [0.2, 0.25) is 5.91 Å². The fourth-order valence-electron chi connectivity index (χ4n) is 1.70. The van der Waals surface area contributed by atoms with Crippen molar-refractivity contribution in [2.75, 3.05) is 13.6 Å². The minimum Gasteiger partial charge on any atom is -0.467 e. The predicted molar refractivity (Wildman–Crippen MR) is 62.9 cm³/mol. The summed E-state index contributed by atoms with van der Waals surface area (Å²) in [6.07, 6.45) is 1.61. The summed E-state index contributed by atoms with van der Waals surface area (Å²) >= 11 is 0. The second kappa shape index (κ2) is 5.16. The molecule has 1 aromatic heterocycles. The molecule has 0 fully saturated rings. The maximum atomic E-state index is 12.1. The molecule has 0 aromatic carbocycles. The molecular formula is C12H20N2O2. The molecule has 0 spiro atoms. The fraction of sp³-hybridized carbons (Fsp3) is 0.583. The Morgan fingerprint density at radius 3 is 2.75 bits per heavy atom. The first-order chi connectivity index (χ1) is 7.47. The van der Waals surface area contributed by atoms with Gasteiger partial charge >= 0.3 is 0 Å². The number of carbonyl (C=O) groups is 1. The van der Waals surface area contributed by atoms with E-state index in [0.717, 1.165) is 12.3 Å². The Bertz CT molecular complexity index is 331. The maximum Gasteiger partial charge on any atom is 0.242 e. The van der Waals surface area contributed by atoms with Gasteiger partial charge in [-0.2, -0.15) is 0 Å². The van der Waals surface area contributed by atoms with Gasteiger partial charge in [0, 0.05) is 7.05 Å². The van der Waals surface area contributed by atoms with E-state index in [1.807, 2.05) is 32.9 Å². The summed E-state index contributed by atoms with van der Waals surface area (Å²) < 4.78 is 5.21. The molecule has 1 N–H and O–H groups in total. The average Bonchev–Trinajstić information content (AvgIpc) is 2.69. The van der Waals surface area contributed by atoms with Crippen LogP contribution in [0.15, 0.2) is 22.8 Å². The number of amides is 1. The van der Waals surface area contributed by atoms with E-state index in [1.165, 1.54) is 0 Å². The number of nitrogens with zero attached hydrogens (tertiary/aromatic N) is 1. The number of rotatable bonds is 5. The van der Waals surface area contributed by atoms with Crippen molar-refractivity contribution in [3.05, 3.63) is 24.2 Å². The van der Waals surface area contributed by atoms with E-state index in [9.17, 15) is 4.79 Å². The van der Waals surface area contributed by atoms with Crippen LogP contribution in [0.5, 0.6) is 0 Å². The Morgan fingerprint density at radius 2 is 2.25 bits per heavy atom. The Labute approximate surface area is 96.6 Å². The summed E-state index contributed by atoms with van der Waals surface area (Å²) in [5, 5.41) is 3.16. The van der Waals surface area contributed by atoms with Crippen molar-refractivity contribution < 1.29 is 9.21 Å². The maximum absolute atomic E-state index is 12.1. The number of nitrogens with one attached hydrogen (secondary N) is 1. The van der Waals surface area contributed by atoms with Gasteiger partial charge in [-0.15, -0.1) is 0 Å². The molecule has 0 atom stereocenters. The van der Waals surface area contributed by atoms with Gasteiger partial charge < -0.3 is 14.6 Å². The van der Waals surface area contributed by atoms with E-state index in [0.29, 0.717) is 6.54 Å². The topological polar surface area (TPSA) is 45.5 Å². The standard InChI is InChI=1S/C12H20N2O2/c1-5-13-12(2,3)11(15)14(4)9-10-7-6-8-16-10/h6-8,13H,5,9H2,1-4H3. The van der Waals surface area contributed by atoms with Gasteiger partial charge in [-0.25, -0.2) is 0 Å². The van der Waals surface area contributed by atoms with Crippen LogP contribution in [-0.2, 0) is 11.3 Å². The summed E-state index contributed by atoms with van der Waals surface area (Å²) in [6.45, 7) is 7.03. The average molecular weight is 224 g/mol. The third-order valence-corrected chi connectivity index (χ3v) is 2.47. The third-order valence-electron chi connectivity index (χ3n) is 2.47. The SMILES string of the molecule is CCNC(C)(C)C(=O)N(C)Cc1ccco1. The molecule has 0 aliphatic heterocycles. The number of hydrogen-bond acceptors (Lipinski definition) is 3. The van der Waals surface area contributed by atoms with Crippen molar-refractivity contribution in [3.63, 3.8) is 0 Å². The highest BCUT2D eigenvalue weighted by Crippen LogP contribution is 2.10. The van der Waals surface area contributed by atoms with Crippen molar-refractivity contribution in [2.24, 2.45) is 0 Å². The first kappa shape index (κ1) is 12.8. The third kappa shape index (κ3) is 3.10. The van der Waals surface area contributed by atoms with Crippen molar-refractivity contribution in [2.45, 2.75) is 32.9 Å². The molecule has 1 amide bonds. The van der Waals surface area contributed by atoms with E-state index in [2.05, 4.69) is 5.32 Å². The lowest BCUT2D eigenvalue weighted by Crippen LogP contribution is -2.52. The van der Waals surface area contributed by atoms with Gasteiger partial charge in [0.05, 0.1) is 18.3 Å². The van der Waals surface area contributed by atoms with E-state index in [-0.39, 0.29) is 5.91 Å². The highest BCUT2D eigenvalue weighted by Gasteiger charge is 2.29. The summed E-state index contributed by atoms with van der Waals surface area (Å²) in [6, 6.07) is 3.69. The predicted octanol–water partition coefficient (Wildman–Crippen LogP) is 1.63. The van der Waals surface area contributed by atoms with Crippen LogP contribution in [0, 0.1) is 0 Å². The molecule has 1 heterocycles. The lowest BCUT2D eigenvalue weighted by atomic mass is 10.0. The molecule has 4 nitrogen and oxygen atoms in total. The van der Waals surface area contributed by atoms with Crippen LogP contribution in [-0.4, -0.2) is 29.9 Å². The van der Waals surface area contributed by atoms with Crippen LogP contribution in [0.3, 0.4) is 0 Å². The minimum absolute atomic E-state index is 0.0609. The van der Waals surface area contributed by atoms with Crippen molar-refractivity contribution in [3.8, 4) is 0 Å². The molecule has 1 aromatic rings. The largest absolute Gasteiger partial charge is 0.467 e. The van der Waals surface area contributed by atoms with Crippen LogP contribution >= 0.6 is 0 Å². The molecule has 0 aliphatic rings. The fourth-order valence-corrected chi connectivity index (χ4v) is 1.70. The van der Waals surface area contributed by atoms with Gasteiger partial charge in [-0.05, 0) is 32.5 Å². The second-order valence-electron chi connectivity index (χ2n) is 4.40. The highest BCUT2D eigenvalue weighted by atomic mass is 16.3. The molecule has 0 bridgehead atoms. The Balaban J connectivity index is 2.60.